The molecule has 6 nitrogen and oxygen atoms in total. The van der Waals surface area contributed by atoms with Gasteiger partial charge in [0.1, 0.15) is 5.75 Å². The lowest BCUT2D eigenvalue weighted by atomic mass is 10.2. The second-order valence-corrected chi connectivity index (χ2v) is 6.10. The third kappa shape index (κ3) is 5.35. The predicted molar refractivity (Wildman–Crippen MR) is 80.3 cm³/mol. The van der Waals surface area contributed by atoms with Gasteiger partial charge in [0.15, 0.2) is 11.5 Å². The van der Waals surface area contributed by atoms with E-state index in [4.69, 9.17) is 14.6 Å². The van der Waals surface area contributed by atoms with Crippen LogP contribution in [0.4, 0.5) is 0 Å². The number of hydrogen-bond acceptors (Lipinski definition) is 5. The second kappa shape index (κ2) is 7.99. The largest absolute Gasteiger partial charge is 0.482 e. The second-order valence-electron chi connectivity index (χ2n) is 5.01. The number of carboxylic acids is 1. The number of methoxy groups -OCH3 is 1. The van der Waals surface area contributed by atoms with Gasteiger partial charge in [0, 0.05) is 18.0 Å². The number of thiophene rings is 1. The predicted octanol–water partition coefficient (Wildman–Crippen LogP) is 2.10. The summed E-state index contributed by atoms with van der Waals surface area (Å²) in [6, 6.07) is 1.56. The molecule has 7 heteroatoms. The molecule has 0 aromatic carbocycles. The standard InChI is InChI=1S/C14H21NO5S/c1-8(2)11-5-10(13(21-11)14(17)18)20-7-12(16)15-9(3)6-19-4/h5,8-9H,6-7H2,1-4H3,(H,15,16)(H,17,18). The van der Waals surface area contributed by atoms with Gasteiger partial charge in [-0.3, -0.25) is 4.79 Å². The number of rotatable bonds is 8. The summed E-state index contributed by atoms with van der Waals surface area (Å²) < 4.78 is 10.3. The molecule has 0 saturated heterocycles. The molecular weight excluding hydrogens is 294 g/mol. The highest BCUT2D eigenvalue weighted by Gasteiger charge is 2.19. The van der Waals surface area contributed by atoms with E-state index in [0.29, 0.717) is 6.61 Å². The van der Waals surface area contributed by atoms with Crippen molar-refractivity contribution < 1.29 is 24.2 Å². The van der Waals surface area contributed by atoms with Crippen molar-refractivity contribution in [1.82, 2.24) is 5.32 Å². The number of ether oxygens (including phenoxy) is 2. The molecule has 1 heterocycles. The fourth-order valence-electron chi connectivity index (χ4n) is 1.68. The molecule has 2 N–H and O–H groups in total. The van der Waals surface area contributed by atoms with E-state index in [0.717, 1.165) is 4.88 Å². The third-order valence-electron chi connectivity index (χ3n) is 2.66. The fraction of sp³-hybridized carbons (Fsp3) is 0.571. The number of aromatic carboxylic acids is 1. The molecule has 1 unspecified atom stereocenters. The molecule has 0 radical (unpaired) electrons. The summed E-state index contributed by atoms with van der Waals surface area (Å²) in [6.45, 7) is 5.94. The lowest BCUT2D eigenvalue weighted by Gasteiger charge is -2.13. The van der Waals surface area contributed by atoms with Crippen LogP contribution in [-0.4, -0.2) is 43.3 Å². The third-order valence-corrected chi connectivity index (χ3v) is 4.07. The number of carboxylic acid groups (broad SMARTS) is 1. The Kier molecular flexibility index (Phi) is 6.64. The summed E-state index contributed by atoms with van der Waals surface area (Å²) in [4.78, 5) is 23.9. The Morgan fingerprint density at radius 3 is 2.57 bits per heavy atom. The van der Waals surface area contributed by atoms with Gasteiger partial charge in [-0.15, -0.1) is 11.3 Å². The minimum Gasteiger partial charge on any atom is -0.482 e. The molecule has 0 fully saturated rings. The highest BCUT2D eigenvalue weighted by atomic mass is 32.1. The number of nitrogens with one attached hydrogen (secondary N) is 1. The van der Waals surface area contributed by atoms with Crippen molar-refractivity contribution in [2.24, 2.45) is 0 Å². The molecule has 0 aliphatic carbocycles. The van der Waals surface area contributed by atoms with Crippen molar-refractivity contribution in [3.8, 4) is 5.75 Å². The van der Waals surface area contributed by atoms with E-state index in [1.165, 1.54) is 11.3 Å². The zero-order valence-electron chi connectivity index (χ0n) is 12.6. The van der Waals surface area contributed by atoms with Gasteiger partial charge in [-0.25, -0.2) is 4.79 Å². The quantitative estimate of drug-likeness (QED) is 0.767. The maximum Gasteiger partial charge on any atom is 0.349 e. The number of carbonyl (C=O) groups excluding carboxylic acids is 1. The van der Waals surface area contributed by atoms with E-state index in [2.05, 4.69) is 5.32 Å². The van der Waals surface area contributed by atoms with Gasteiger partial charge in [-0.1, -0.05) is 13.8 Å². The average Bonchev–Trinajstić information content (AvgIpc) is 2.81. The first-order chi connectivity index (χ1) is 9.85. The van der Waals surface area contributed by atoms with Crippen molar-refractivity contribution in [2.75, 3.05) is 20.3 Å². The molecule has 0 saturated carbocycles. The van der Waals surface area contributed by atoms with Crippen LogP contribution in [0.15, 0.2) is 6.07 Å². The Balaban J connectivity index is 2.66. The molecule has 1 aromatic rings. The normalized spacial score (nSPS) is 12.2. The molecular formula is C14H21NO5S. The van der Waals surface area contributed by atoms with Crippen LogP contribution < -0.4 is 10.1 Å². The lowest BCUT2D eigenvalue weighted by molar-refractivity contribution is -0.124. The van der Waals surface area contributed by atoms with E-state index in [9.17, 15) is 9.59 Å². The van der Waals surface area contributed by atoms with Crippen molar-refractivity contribution >= 4 is 23.2 Å². The zero-order valence-corrected chi connectivity index (χ0v) is 13.5. The van der Waals surface area contributed by atoms with E-state index in [1.807, 2.05) is 20.8 Å². The molecule has 1 rings (SSSR count). The Bertz CT molecular complexity index is 498. The summed E-state index contributed by atoms with van der Waals surface area (Å²) in [6.07, 6.45) is 0. The van der Waals surface area contributed by atoms with Gasteiger partial charge in [0.05, 0.1) is 6.61 Å². The van der Waals surface area contributed by atoms with Crippen LogP contribution in [0.25, 0.3) is 0 Å². The molecule has 1 amide bonds. The molecule has 0 bridgehead atoms. The van der Waals surface area contributed by atoms with Crippen molar-refractivity contribution in [3.63, 3.8) is 0 Å². The lowest BCUT2D eigenvalue weighted by Crippen LogP contribution is -2.38. The maximum absolute atomic E-state index is 11.7. The van der Waals surface area contributed by atoms with E-state index < -0.39 is 5.97 Å². The Morgan fingerprint density at radius 2 is 2.05 bits per heavy atom. The van der Waals surface area contributed by atoms with Crippen LogP contribution in [0.3, 0.4) is 0 Å². The van der Waals surface area contributed by atoms with Crippen LogP contribution in [0, 0.1) is 0 Å². The smallest absolute Gasteiger partial charge is 0.349 e. The van der Waals surface area contributed by atoms with Crippen LogP contribution in [0.2, 0.25) is 0 Å². The topological polar surface area (TPSA) is 84.9 Å². The molecule has 1 aromatic heterocycles. The Labute approximate surface area is 128 Å². The molecule has 1 atom stereocenters. The van der Waals surface area contributed by atoms with Gasteiger partial charge in [0.25, 0.3) is 5.91 Å². The van der Waals surface area contributed by atoms with Gasteiger partial charge in [0.2, 0.25) is 0 Å². The molecule has 0 aliphatic rings. The first-order valence-corrected chi connectivity index (χ1v) is 7.44. The SMILES string of the molecule is COCC(C)NC(=O)COc1cc(C(C)C)sc1C(=O)O. The van der Waals surface area contributed by atoms with E-state index in [-0.39, 0.29) is 35.1 Å². The van der Waals surface area contributed by atoms with Gasteiger partial charge in [-0.2, -0.15) is 0 Å². The fourth-order valence-corrected chi connectivity index (χ4v) is 2.63. The molecule has 118 valence electrons. The van der Waals surface area contributed by atoms with Gasteiger partial charge < -0.3 is 19.9 Å². The summed E-state index contributed by atoms with van der Waals surface area (Å²) in [7, 11) is 1.55. The molecule has 0 aliphatic heterocycles. The van der Waals surface area contributed by atoms with E-state index in [1.54, 1.807) is 13.2 Å². The summed E-state index contributed by atoms with van der Waals surface area (Å²) in [5, 5.41) is 11.9. The number of amides is 1. The van der Waals surface area contributed by atoms with Crippen molar-refractivity contribution in [1.29, 1.82) is 0 Å². The van der Waals surface area contributed by atoms with Crippen molar-refractivity contribution in [3.05, 3.63) is 15.8 Å². The first kappa shape index (κ1) is 17.5. The first-order valence-electron chi connectivity index (χ1n) is 6.63. The summed E-state index contributed by atoms with van der Waals surface area (Å²) in [5.74, 6) is -0.907. The van der Waals surface area contributed by atoms with Gasteiger partial charge >= 0.3 is 5.97 Å². The summed E-state index contributed by atoms with van der Waals surface area (Å²) in [5.41, 5.74) is 0. The zero-order chi connectivity index (χ0) is 16.0. The highest BCUT2D eigenvalue weighted by molar-refractivity contribution is 7.14. The Morgan fingerprint density at radius 1 is 1.38 bits per heavy atom. The van der Waals surface area contributed by atoms with Crippen LogP contribution in [-0.2, 0) is 9.53 Å². The monoisotopic (exact) mass is 315 g/mol. The number of hydrogen-bond donors (Lipinski definition) is 2. The average molecular weight is 315 g/mol. The Hall–Kier alpha value is -1.60. The van der Waals surface area contributed by atoms with Crippen LogP contribution in [0.1, 0.15) is 41.2 Å². The minimum absolute atomic E-state index is 0.122. The minimum atomic E-state index is -1.05. The highest BCUT2D eigenvalue weighted by Crippen LogP contribution is 2.33. The van der Waals surface area contributed by atoms with Crippen molar-refractivity contribution in [2.45, 2.75) is 32.7 Å². The van der Waals surface area contributed by atoms with Crippen LogP contribution >= 0.6 is 11.3 Å². The van der Waals surface area contributed by atoms with Crippen LogP contribution in [0.5, 0.6) is 5.75 Å². The molecule has 21 heavy (non-hydrogen) atoms. The summed E-state index contributed by atoms with van der Waals surface area (Å²) >= 11 is 1.17. The van der Waals surface area contributed by atoms with E-state index >= 15 is 0 Å². The molecule has 0 spiro atoms. The number of carbonyl (C=O) groups is 2. The maximum atomic E-state index is 11.7. The van der Waals surface area contributed by atoms with Gasteiger partial charge in [-0.05, 0) is 18.9 Å².